The summed E-state index contributed by atoms with van der Waals surface area (Å²) in [6, 6.07) is 0. The second-order valence-electron chi connectivity index (χ2n) is 6.62. The third-order valence-corrected chi connectivity index (χ3v) is 4.47. The lowest BCUT2D eigenvalue weighted by molar-refractivity contribution is -0.211. The molecule has 0 aromatic rings. The summed E-state index contributed by atoms with van der Waals surface area (Å²) in [5.41, 5.74) is 0. The van der Waals surface area contributed by atoms with Crippen molar-refractivity contribution < 1.29 is 24.8 Å². The highest BCUT2D eigenvalue weighted by molar-refractivity contribution is 4.87. The molecule has 0 aromatic heterocycles. The summed E-state index contributed by atoms with van der Waals surface area (Å²) in [5, 5.41) is 28.8. The minimum absolute atomic E-state index is 0.0387. The normalized spacial score (nSPS) is 27.8. The van der Waals surface area contributed by atoms with Crippen LogP contribution in [0.4, 0.5) is 0 Å². The van der Waals surface area contributed by atoms with Crippen molar-refractivity contribution in [2.75, 3.05) is 19.8 Å². The SMILES string of the molecule is CCCCCC/C=C/CCCCCO[C@@H]1[C@@H](O)[C@H](O)CO[C@H]1CO. The Kier molecular flexibility index (Phi) is 12.4. The Balaban J connectivity index is 2.01. The Labute approximate surface area is 146 Å². The van der Waals surface area contributed by atoms with Gasteiger partial charge in [-0.2, -0.15) is 0 Å². The van der Waals surface area contributed by atoms with Gasteiger partial charge in [-0.1, -0.05) is 44.8 Å². The Hall–Kier alpha value is -0.460. The maximum atomic E-state index is 9.94. The number of unbranched alkanes of at least 4 members (excludes halogenated alkanes) is 7. The van der Waals surface area contributed by atoms with Gasteiger partial charge < -0.3 is 24.8 Å². The molecule has 1 fully saturated rings. The van der Waals surface area contributed by atoms with Crippen LogP contribution in [0.3, 0.4) is 0 Å². The van der Waals surface area contributed by atoms with Gasteiger partial charge in [0.25, 0.3) is 0 Å². The van der Waals surface area contributed by atoms with Crippen LogP contribution < -0.4 is 0 Å². The first kappa shape index (κ1) is 21.6. The number of allylic oxidation sites excluding steroid dienone is 2. The molecule has 3 N–H and O–H groups in total. The Bertz CT molecular complexity index is 319. The van der Waals surface area contributed by atoms with E-state index in [-0.39, 0.29) is 13.2 Å². The van der Waals surface area contributed by atoms with Crippen molar-refractivity contribution in [1.29, 1.82) is 0 Å². The van der Waals surface area contributed by atoms with E-state index in [0.717, 1.165) is 25.7 Å². The van der Waals surface area contributed by atoms with E-state index < -0.39 is 24.4 Å². The number of aliphatic hydroxyl groups is 3. The van der Waals surface area contributed by atoms with Gasteiger partial charge in [0.2, 0.25) is 0 Å². The zero-order chi connectivity index (χ0) is 17.6. The van der Waals surface area contributed by atoms with Crippen LogP contribution in [-0.4, -0.2) is 59.6 Å². The van der Waals surface area contributed by atoms with Crippen molar-refractivity contribution in [1.82, 2.24) is 0 Å². The molecular formula is C19H36O5. The maximum Gasteiger partial charge on any atom is 0.114 e. The largest absolute Gasteiger partial charge is 0.394 e. The number of aliphatic hydroxyl groups excluding tert-OH is 3. The molecule has 5 heteroatoms. The molecule has 1 aliphatic heterocycles. The van der Waals surface area contributed by atoms with Crippen molar-refractivity contribution in [3.05, 3.63) is 12.2 Å². The van der Waals surface area contributed by atoms with Crippen LogP contribution in [0.1, 0.15) is 64.7 Å². The lowest BCUT2D eigenvalue weighted by atomic mass is 10.0. The zero-order valence-corrected chi connectivity index (χ0v) is 15.1. The van der Waals surface area contributed by atoms with E-state index in [4.69, 9.17) is 9.47 Å². The molecule has 0 spiro atoms. The fraction of sp³-hybridized carbons (Fsp3) is 0.895. The van der Waals surface area contributed by atoms with Gasteiger partial charge in [0.15, 0.2) is 0 Å². The van der Waals surface area contributed by atoms with Crippen molar-refractivity contribution in [3.8, 4) is 0 Å². The van der Waals surface area contributed by atoms with Gasteiger partial charge in [0.05, 0.1) is 13.2 Å². The van der Waals surface area contributed by atoms with Gasteiger partial charge in [-0.15, -0.1) is 0 Å². The summed E-state index contributed by atoms with van der Waals surface area (Å²) in [6.07, 6.45) is 12.0. The van der Waals surface area contributed by atoms with Gasteiger partial charge in [-0.05, 0) is 32.1 Å². The fourth-order valence-corrected chi connectivity index (χ4v) is 2.90. The lowest BCUT2D eigenvalue weighted by Gasteiger charge is -2.37. The minimum Gasteiger partial charge on any atom is -0.394 e. The summed E-state index contributed by atoms with van der Waals surface area (Å²) >= 11 is 0. The monoisotopic (exact) mass is 344 g/mol. The van der Waals surface area contributed by atoms with Gasteiger partial charge >= 0.3 is 0 Å². The third kappa shape index (κ3) is 8.58. The molecular weight excluding hydrogens is 308 g/mol. The van der Waals surface area contributed by atoms with E-state index >= 15 is 0 Å². The average Bonchev–Trinajstić information content (AvgIpc) is 2.59. The summed E-state index contributed by atoms with van der Waals surface area (Å²) < 4.78 is 10.9. The molecule has 1 heterocycles. The van der Waals surface area contributed by atoms with Gasteiger partial charge in [0.1, 0.15) is 24.4 Å². The molecule has 1 aliphatic rings. The van der Waals surface area contributed by atoms with E-state index in [9.17, 15) is 15.3 Å². The molecule has 5 nitrogen and oxygen atoms in total. The predicted octanol–water partition coefficient (Wildman–Crippen LogP) is 2.57. The molecule has 0 aromatic carbocycles. The zero-order valence-electron chi connectivity index (χ0n) is 15.1. The highest BCUT2D eigenvalue weighted by Gasteiger charge is 2.39. The quantitative estimate of drug-likeness (QED) is 0.353. The molecule has 1 rings (SSSR count). The molecule has 0 amide bonds. The second kappa shape index (κ2) is 13.8. The Morgan fingerprint density at radius 1 is 1.00 bits per heavy atom. The first-order valence-electron chi connectivity index (χ1n) is 9.55. The van der Waals surface area contributed by atoms with Gasteiger partial charge in [-0.3, -0.25) is 0 Å². The Morgan fingerprint density at radius 3 is 2.29 bits per heavy atom. The highest BCUT2D eigenvalue weighted by Crippen LogP contribution is 2.19. The highest BCUT2D eigenvalue weighted by atomic mass is 16.6. The number of hydrogen-bond donors (Lipinski definition) is 3. The summed E-state index contributed by atoms with van der Waals surface area (Å²) in [7, 11) is 0. The van der Waals surface area contributed by atoms with E-state index in [1.54, 1.807) is 0 Å². The molecule has 0 aliphatic carbocycles. The molecule has 0 saturated carbocycles. The van der Waals surface area contributed by atoms with E-state index in [2.05, 4.69) is 19.1 Å². The topological polar surface area (TPSA) is 79.2 Å². The maximum absolute atomic E-state index is 9.94. The smallest absolute Gasteiger partial charge is 0.114 e. The molecule has 0 radical (unpaired) electrons. The van der Waals surface area contributed by atoms with Gasteiger partial charge in [0, 0.05) is 6.61 Å². The number of rotatable bonds is 13. The minimum atomic E-state index is -0.994. The van der Waals surface area contributed by atoms with E-state index in [1.165, 1.54) is 32.1 Å². The standard InChI is InChI=1S/C19H36O5/c1-2-3-4-5-6-7-8-9-10-11-12-13-23-19-17(14-20)24-15-16(21)18(19)22/h7-8,16-22H,2-6,9-15H2,1H3/b8-7+/t16-,17+,18+,19+/m1/s1. The number of hydrogen-bond acceptors (Lipinski definition) is 5. The molecule has 24 heavy (non-hydrogen) atoms. The summed E-state index contributed by atoms with van der Waals surface area (Å²) in [5.74, 6) is 0. The fourth-order valence-electron chi connectivity index (χ4n) is 2.90. The molecule has 1 saturated heterocycles. The second-order valence-corrected chi connectivity index (χ2v) is 6.62. The predicted molar refractivity (Wildman–Crippen MR) is 94.9 cm³/mol. The van der Waals surface area contributed by atoms with Crippen LogP contribution in [0.15, 0.2) is 12.2 Å². The van der Waals surface area contributed by atoms with Crippen molar-refractivity contribution in [3.63, 3.8) is 0 Å². The van der Waals surface area contributed by atoms with Crippen molar-refractivity contribution in [2.24, 2.45) is 0 Å². The first-order chi connectivity index (χ1) is 11.7. The van der Waals surface area contributed by atoms with Crippen LogP contribution in [0.25, 0.3) is 0 Å². The molecule has 0 bridgehead atoms. The van der Waals surface area contributed by atoms with E-state index in [1.807, 2.05) is 0 Å². The van der Waals surface area contributed by atoms with Crippen LogP contribution in [0, 0.1) is 0 Å². The van der Waals surface area contributed by atoms with Crippen LogP contribution in [0.2, 0.25) is 0 Å². The number of ether oxygens (including phenoxy) is 2. The van der Waals surface area contributed by atoms with E-state index in [0.29, 0.717) is 6.61 Å². The van der Waals surface area contributed by atoms with Crippen molar-refractivity contribution in [2.45, 2.75) is 89.1 Å². The van der Waals surface area contributed by atoms with Crippen LogP contribution in [-0.2, 0) is 9.47 Å². The lowest BCUT2D eigenvalue weighted by Crippen LogP contribution is -2.55. The summed E-state index contributed by atoms with van der Waals surface area (Å²) in [6.45, 7) is 2.57. The molecule has 142 valence electrons. The average molecular weight is 344 g/mol. The van der Waals surface area contributed by atoms with Crippen molar-refractivity contribution >= 4 is 0 Å². The molecule has 4 atom stereocenters. The first-order valence-corrected chi connectivity index (χ1v) is 9.55. The van der Waals surface area contributed by atoms with Crippen LogP contribution in [0.5, 0.6) is 0 Å². The third-order valence-electron chi connectivity index (χ3n) is 4.47. The molecule has 0 unspecified atom stereocenters. The summed E-state index contributed by atoms with van der Waals surface area (Å²) in [4.78, 5) is 0. The van der Waals surface area contributed by atoms with Gasteiger partial charge in [-0.25, -0.2) is 0 Å². The van der Waals surface area contributed by atoms with Crippen LogP contribution >= 0.6 is 0 Å². The Morgan fingerprint density at radius 2 is 1.67 bits per heavy atom.